The maximum absolute atomic E-state index is 6.85. The number of hydrogen-bond acceptors (Lipinski definition) is 3. The van der Waals surface area contributed by atoms with Gasteiger partial charge in [0.05, 0.1) is 0 Å². The molecule has 0 spiro atoms. The van der Waals surface area contributed by atoms with Crippen molar-refractivity contribution in [1.82, 2.24) is 0 Å². The second-order valence-corrected chi connectivity index (χ2v) is 22.3. The summed E-state index contributed by atoms with van der Waals surface area (Å²) in [6.07, 6.45) is 35.5. The fourth-order valence-corrected chi connectivity index (χ4v) is 10.5. The lowest BCUT2D eigenvalue weighted by Crippen LogP contribution is -2.28. The topological polar surface area (TPSA) is 27.7 Å². The molecule has 0 fully saturated rings. The lowest BCUT2D eigenvalue weighted by molar-refractivity contribution is -0.250. The molecule has 0 saturated heterocycles. The van der Waals surface area contributed by atoms with Crippen molar-refractivity contribution in [1.29, 1.82) is 0 Å². The fraction of sp³-hybridized carbons (Fsp3) is 1.00. The van der Waals surface area contributed by atoms with Gasteiger partial charge in [0.25, 0.3) is 0 Å². The Balaban J connectivity index is 5.27. The molecule has 0 amide bonds. The number of ether oxygens (including phenoxy) is 3. The highest BCUT2D eigenvalue weighted by Gasteiger charge is 2.21. The Hall–Kier alpha value is 0.840. The molecule has 0 saturated carbocycles. The van der Waals surface area contributed by atoms with Crippen LogP contribution in [0.25, 0.3) is 0 Å². The van der Waals surface area contributed by atoms with Gasteiger partial charge in [-0.2, -0.15) is 0 Å². The normalized spacial score (nSPS) is 17.7. The first-order chi connectivity index (χ1) is 26.4. The van der Waals surface area contributed by atoms with E-state index in [1.807, 2.05) is 0 Å². The van der Waals surface area contributed by atoms with E-state index < -0.39 is 0 Å². The zero-order valence-electron chi connectivity index (χ0n) is 39.0. The van der Waals surface area contributed by atoms with Crippen LogP contribution in [0.2, 0.25) is 0 Å². The summed E-state index contributed by atoms with van der Waals surface area (Å²) in [6.45, 7) is 25.5. The Morgan fingerprint density at radius 3 is 0.945 bits per heavy atom. The average molecular weight is 909 g/mol. The quantitative estimate of drug-likeness (QED) is 0.0347. The summed E-state index contributed by atoms with van der Waals surface area (Å²) in [7, 11) is 0. The highest BCUT2D eigenvalue weighted by Crippen LogP contribution is 2.29. The van der Waals surface area contributed by atoms with Crippen molar-refractivity contribution >= 4 is 31.9 Å². The Bertz CT molecular complexity index is 716. The van der Waals surface area contributed by atoms with Crippen LogP contribution < -0.4 is 0 Å². The first-order valence-electron chi connectivity index (χ1n) is 24.5. The van der Waals surface area contributed by atoms with Gasteiger partial charge in [0, 0.05) is 22.9 Å². The Morgan fingerprint density at radius 2 is 0.618 bits per heavy atom. The highest BCUT2D eigenvalue weighted by atomic mass is 79.9. The molecule has 0 N–H and O–H groups in total. The van der Waals surface area contributed by atoms with E-state index in [0.717, 1.165) is 87.2 Å². The molecule has 332 valence electrons. The number of unbranched alkanes of at least 4 members (excludes halogenated alkanes) is 14. The molecule has 0 radical (unpaired) electrons. The SMILES string of the molecule is CCCCCCCCCCOC(CCCC(C)CC(C)CC(C)CC(C)Br)OC(CCCC(C)CC(C)CC(C)CC(C)Br)OCCCCCCCCCC. The first kappa shape index (κ1) is 55.8. The van der Waals surface area contributed by atoms with Crippen LogP contribution in [0.4, 0.5) is 0 Å². The monoisotopic (exact) mass is 907 g/mol. The molecule has 10 unspecified atom stereocenters. The van der Waals surface area contributed by atoms with Crippen LogP contribution in [-0.2, 0) is 14.2 Å². The standard InChI is InChI=1S/C50H100Br2O3/c1-11-13-15-17-19-21-23-25-33-53-49(31-27-29-41(3)35-43(5)37-45(7)39-47(9)51)55-50(54-34-26-24-22-20-18-16-14-12-2)32-28-30-42(4)36-44(6)38-46(8)40-48(10)52/h41-50H,11-40H2,1-10H3. The minimum Gasteiger partial charge on any atom is -0.353 e. The molecule has 0 aromatic carbocycles. The van der Waals surface area contributed by atoms with Crippen LogP contribution in [0.3, 0.4) is 0 Å². The Kier molecular flexibility index (Phi) is 39.6. The molecule has 0 rings (SSSR count). The highest BCUT2D eigenvalue weighted by molar-refractivity contribution is 9.09. The molecule has 0 bridgehead atoms. The Morgan fingerprint density at radius 1 is 0.327 bits per heavy atom. The van der Waals surface area contributed by atoms with Crippen molar-refractivity contribution in [3.63, 3.8) is 0 Å². The van der Waals surface area contributed by atoms with Gasteiger partial charge in [-0.25, -0.2) is 0 Å². The largest absolute Gasteiger partial charge is 0.353 e. The molecule has 0 aliphatic heterocycles. The molecular formula is C50H100Br2O3. The van der Waals surface area contributed by atoms with E-state index in [1.54, 1.807) is 0 Å². The number of alkyl halides is 2. The summed E-state index contributed by atoms with van der Waals surface area (Å²) < 4.78 is 20.0. The zero-order chi connectivity index (χ0) is 41.1. The van der Waals surface area contributed by atoms with Gasteiger partial charge < -0.3 is 14.2 Å². The van der Waals surface area contributed by atoms with Crippen molar-refractivity contribution in [2.24, 2.45) is 35.5 Å². The van der Waals surface area contributed by atoms with Gasteiger partial charge in [0.1, 0.15) is 0 Å². The van der Waals surface area contributed by atoms with E-state index in [9.17, 15) is 0 Å². The predicted molar refractivity (Wildman–Crippen MR) is 253 cm³/mol. The van der Waals surface area contributed by atoms with Crippen LogP contribution in [0.5, 0.6) is 0 Å². The van der Waals surface area contributed by atoms with Crippen molar-refractivity contribution in [2.75, 3.05) is 13.2 Å². The summed E-state index contributed by atoms with van der Waals surface area (Å²) >= 11 is 7.52. The van der Waals surface area contributed by atoms with Gasteiger partial charge in [-0.1, -0.05) is 204 Å². The van der Waals surface area contributed by atoms with Gasteiger partial charge in [0.15, 0.2) is 12.6 Å². The third kappa shape index (κ3) is 38.8. The molecule has 55 heavy (non-hydrogen) atoms. The van der Waals surface area contributed by atoms with E-state index in [4.69, 9.17) is 14.2 Å². The van der Waals surface area contributed by atoms with Crippen molar-refractivity contribution in [3.05, 3.63) is 0 Å². The van der Waals surface area contributed by atoms with Crippen LogP contribution >= 0.6 is 31.9 Å². The molecule has 0 aliphatic carbocycles. The Labute approximate surface area is 364 Å². The van der Waals surface area contributed by atoms with E-state index in [2.05, 4.69) is 101 Å². The number of halogens is 2. The zero-order valence-corrected chi connectivity index (χ0v) is 42.1. The third-order valence-corrected chi connectivity index (χ3v) is 12.6. The number of rotatable bonds is 42. The van der Waals surface area contributed by atoms with Crippen LogP contribution in [0.1, 0.15) is 249 Å². The molecule has 10 atom stereocenters. The molecule has 3 nitrogen and oxygen atoms in total. The number of hydrogen-bond donors (Lipinski definition) is 0. The van der Waals surface area contributed by atoms with Crippen molar-refractivity contribution in [2.45, 2.75) is 271 Å². The molecule has 5 heteroatoms. The van der Waals surface area contributed by atoms with Gasteiger partial charge in [0.2, 0.25) is 0 Å². The summed E-state index contributed by atoms with van der Waals surface area (Å²) in [5, 5.41) is 0. The van der Waals surface area contributed by atoms with Gasteiger partial charge in [-0.15, -0.1) is 0 Å². The third-order valence-electron chi connectivity index (χ3n) is 11.9. The first-order valence-corrected chi connectivity index (χ1v) is 26.4. The van der Waals surface area contributed by atoms with E-state index >= 15 is 0 Å². The predicted octanol–water partition coefficient (Wildman–Crippen LogP) is 18.0. The lowest BCUT2D eigenvalue weighted by Gasteiger charge is -2.27. The second kappa shape index (κ2) is 39.0. The van der Waals surface area contributed by atoms with E-state index in [0.29, 0.717) is 9.65 Å². The second-order valence-electron chi connectivity index (χ2n) is 19.2. The average Bonchev–Trinajstić information content (AvgIpc) is 3.08. The summed E-state index contributed by atoms with van der Waals surface area (Å²) in [5.41, 5.74) is 0. The summed E-state index contributed by atoms with van der Waals surface area (Å²) in [5.74, 6) is 4.60. The molecular weight excluding hydrogens is 808 g/mol. The minimum atomic E-state index is -0.158. The summed E-state index contributed by atoms with van der Waals surface area (Å²) in [6, 6.07) is 0. The molecule has 0 aromatic heterocycles. The smallest absolute Gasteiger partial charge is 0.160 e. The minimum absolute atomic E-state index is 0.158. The van der Waals surface area contributed by atoms with Crippen LogP contribution in [-0.4, -0.2) is 35.4 Å². The van der Waals surface area contributed by atoms with Crippen molar-refractivity contribution < 1.29 is 14.2 Å². The van der Waals surface area contributed by atoms with Gasteiger partial charge >= 0.3 is 0 Å². The van der Waals surface area contributed by atoms with E-state index in [-0.39, 0.29) is 12.6 Å². The summed E-state index contributed by atoms with van der Waals surface area (Å²) in [4.78, 5) is 1.23. The fourth-order valence-electron chi connectivity index (χ4n) is 9.20. The van der Waals surface area contributed by atoms with Gasteiger partial charge in [-0.3, -0.25) is 0 Å². The molecule has 0 heterocycles. The maximum Gasteiger partial charge on any atom is 0.160 e. The van der Waals surface area contributed by atoms with Crippen LogP contribution in [0.15, 0.2) is 0 Å². The van der Waals surface area contributed by atoms with Crippen LogP contribution in [0, 0.1) is 35.5 Å². The van der Waals surface area contributed by atoms with Gasteiger partial charge in [-0.05, 0) is 113 Å². The molecule has 0 aliphatic rings. The molecule has 0 aromatic rings. The van der Waals surface area contributed by atoms with E-state index in [1.165, 1.54) is 141 Å². The lowest BCUT2D eigenvalue weighted by atomic mass is 9.86. The maximum atomic E-state index is 6.85. The van der Waals surface area contributed by atoms with Crippen molar-refractivity contribution in [3.8, 4) is 0 Å².